The number of carbonyl (C=O) groups is 2. The first kappa shape index (κ1) is 24.9. The van der Waals surface area contributed by atoms with Crippen molar-refractivity contribution in [2.45, 2.75) is 57.5 Å². The summed E-state index contributed by atoms with van der Waals surface area (Å²) >= 11 is 6.83. The molecule has 0 N–H and O–H groups in total. The SMILES string of the molecule is COC1=CC(=O)C[C@@H](C)[C@]12Oc1c(Cl)c(-c3ccc(C(C)OC4CCCCO4)o3)cc(OC)c1C2=O. The van der Waals surface area contributed by atoms with Crippen LogP contribution in [0.1, 0.15) is 61.8 Å². The number of fused-ring (bicyclic) bond motifs is 1. The van der Waals surface area contributed by atoms with E-state index in [9.17, 15) is 9.59 Å². The van der Waals surface area contributed by atoms with E-state index in [4.69, 9.17) is 39.7 Å². The first-order valence-electron chi connectivity index (χ1n) is 12.1. The normalized spacial score (nSPS) is 26.4. The summed E-state index contributed by atoms with van der Waals surface area (Å²) in [7, 11) is 2.88. The van der Waals surface area contributed by atoms with Crippen molar-refractivity contribution >= 4 is 23.2 Å². The van der Waals surface area contributed by atoms with Crippen molar-refractivity contribution in [2.24, 2.45) is 5.92 Å². The maximum absolute atomic E-state index is 13.8. The minimum absolute atomic E-state index is 0.130. The molecule has 1 aromatic carbocycles. The Kier molecular flexibility index (Phi) is 6.61. The molecule has 192 valence electrons. The minimum Gasteiger partial charge on any atom is -0.496 e. The monoisotopic (exact) mass is 516 g/mol. The van der Waals surface area contributed by atoms with E-state index in [0.29, 0.717) is 29.4 Å². The molecule has 3 aliphatic rings. The second-order valence-electron chi connectivity index (χ2n) is 9.37. The van der Waals surface area contributed by atoms with Crippen LogP contribution in [0.2, 0.25) is 5.02 Å². The number of halogens is 1. The molecule has 1 aromatic heterocycles. The van der Waals surface area contributed by atoms with E-state index in [2.05, 4.69) is 0 Å². The van der Waals surface area contributed by atoms with Crippen LogP contribution in [0.3, 0.4) is 0 Å². The van der Waals surface area contributed by atoms with E-state index in [0.717, 1.165) is 19.3 Å². The molecule has 5 rings (SSSR count). The van der Waals surface area contributed by atoms with Crippen molar-refractivity contribution in [1.82, 2.24) is 0 Å². The molecular formula is C27H29ClO8. The smallest absolute Gasteiger partial charge is 0.231 e. The number of ketones is 2. The molecular weight excluding hydrogens is 488 g/mol. The molecule has 1 saturated heterocycles. The molecule has 36 heavy (non-hydrogen) atoms. The largest absolute Gasteiger partial charge is 0.496 e. The molecule has 1 aliphatic carbocycles. The molecule has 9 heteroatoms. The lowest BCUT2D eigenvalue weighted by Crippen LogP contribution is -2.51. The summed E-state index contributed by atoms with van der Waals surface area (Å²) in [6.45, 7) is 4.38. The van der Waals surface area contributed by atoms with Crippen LogP contribution >= 0.6 is 11.6 Å². The lowest BCUT2D eigenvalue weighted by Gasteiger charge is -2.36. The molecule has 8 nitrogen and oxygen atoms in total. The molecule has 1 fully saturated rings. The Morgan fingerprint density at radius 1 is 1.17 bits per heavy atom. The number of hydrogen-bond donors (Lipinski definition) is 0. The van der Waals surface area contributed by atoms with E-state index in [1.807, 2.05) is 13.0 Å². The maximum atomic E-state index is 13.8. The van der Waals surface area contributed by atoms with Gasteiger partial charge in [-0.15, -0.1) is 0 Å². The molecule has 1 spiro atoms. The third-order valence-corrected chi connectivity index (χ3v) is 7.47. The number of methoxy groups -OCH3 is 2. The summed E-state index contributed by atoms with van der Waals surface area (Å²) in [4.78, 5) is 25.9. The molecule has 0 radical (unpaired) electrons. The highest BCUT2D eigenvalue weighted by atomic mass is 35.5. The van der Waals surface area contributed by atoms with E-state index in [1.54, 1.807) is 19.1 Å². The second kappa shape index (κ2) is 9.57. The number of benzene rings is 1. The van der Waals surface area contributed by atoms with Gasteiger partial charge < -0.3 is 28.1 Å². The second-order valence-corrected chi connectivity index (χ2v) is 9.75. The minimum atomic E-state index is -1.49. The highest BCUT2D eigenvalue weighted by molar-refractivity contribution is 6.36. The number of Topliss-reactive ketones (excluding diaryl/α,β-unsaturated/α-hetero) is 1. The van der Waals surface area contributed by atoms with Gasteiger partial charge >= 0.3 is 0 Å². The Morgan fingerprint density at radius 2 is 1.97 bits per heavy atom. The fourth-order valence-electron chi connectivity index (χ4n) is 5.18. The van der Waals surface area contributed by atoms with Crippen molar-refractivity contribution in [3.8, 4) is 22.8 Å². The van der Waals surface area contributed by atoms with Gasteiger partial charge in [-0.3, -0.25) is 9.59 Å². The molecule has 0 saturated carbocycles. The number of hydrogen-bond acceptors (Lipinski definition) is 8. The summed E-state index contributed by atoms with van der Waals surface area (Å²) in [6, 6.07) is 5.28. The number of rotatable bonds is 6. The maximum Gasteiger partial charge on any atom is 0.231 e. The van der Waals surface area contributed by atoms with Gasteiger partial charge in [0.25, 0.3) is 0 Å². The van der Waals surface area contributed by atoms with E-state index in [-0.39, 0.29) is 52.5 Å². The summed E-state index contributed by atoms with van der Waals surface area (Å²) in [5, 5.41) is 0.209. The van der Waals surface area contributed by atoms with E-state index < -0.39 is 11.5 Å². The molecule has 2 aliphatic heterocycles. The van der Waals surface area contributed by atoms with Gasteiger partial charge in [-0.05, 0) is 44.4 Å². The fraction of sp³-hybridized carbons (Fsp3) is 0.481. The van der Waals surface area contributed by atoms with Crippen molar-refractivity contribution in [3.05, 3.63) is 46.4 Å². The average molecular weight is 517 g/mol. The zero-order chi connectivity index (χ0) is 25.6. The number of allylic oxidation sites excluding steroid dienone is 1. The Bertz CT molecular complexity index is 1220. The molecule has 4 atom stereocenters. The Hall–Kier alpha value is -2.81. The van der Waals surface area contributed by atoms with E-state index >= 15 is 0 Å². The Balaban J connectivity index is 1.51. The van der Waals surface area contributed by atoms with Crippen molar-refractivity contribution in [3.63, 3.8) is 0 Å². The lowest BCUT2D eigenvalue weighted by atomic mass is 9.75. The third-order valence-electron chi connectivity index (χ3n) is 7.10. The van der Waals surface area contributed by atoms with Crippen LogP contribution in [0.25, 0.3) is 11.3 Å². The average Bonchev–Trinajstić information content (AvgIpc) is 3.47. The quantitative estimate of drug-likeness (QED) is 0.485. The van der Waals surface area contributed by atoms with Crippen LogP contribution < -0.4 is 9.47 Å². The van der Waals surface area contributed by atoms with Gasteiger partial charge in [0.2, 0.25) is 11.4 Å². The van der Waals surface area contributed by atoms with Crippen LogP contribution in [0.5, 0.6) is 11.5 Å². The Morgan fingerprint density at radius 3 is 2.67 bits per heavy atom. The number of ether oxygens (including phenoxy) is 5. The molecule has 0 bridgehead atoms. The zero-order valence-electron chi connectivity index (χ0n) is 20.7. The van der Waals surface area contributed by atoms with Gasteiger partial charge in [-0.25, -0.2) is 0 Å². The topological polar surface area (TPSA) is 93.4 Å². The first-order chi connectivity index (χ1) is 17.3. The molecule has 3 heterocycles. The van der Waals surface area contributed by atoms with Gasteiger partial charge in [-0.1, -0.05) is 18.5 Å². The van der Waals surface area contributed by atoms with Crippen molar-refractivity contribution in [1.29, 1.82) is 0 Å². The molecule has 2 aromatic rings. The fourth-order valence-corrected chi connectivity index (χ4v) is 5.46. The predicted molar refractivity (Wildman–Crippen MR) is 130 cm³/mol. The summed E-state index contributed by atoms with van der Waals surface area (Å²) < 4.78 is 35.2. The van der Waals surface area contributed by atoms with Gasteiger partial charge in [0.05, 0.1) is 19.2 Å². The number of carbonyl (C=O) groups excluding carboxylic acids is 2. The van der Waals surface area contributed by atoms with Crippen molar-refractivity contribution < 1.29 is 37.7 Å². The van der Waals surface area contributed by atoms with Crippen LogP contribution in [-0.2, 0) is 19.0 Å². The lowest BCUT2D eigenvalue weighted by molar-refractivity contribution is -0.189. The Labute approximate surface area is 214 Å². The van der Waals surface area contributed by atoms with Crippen molar-refractivity contribution in [2.75, 3.05) is 20.8 Å². The first-order valence-corrected chi connectivity index (χ1v) is 12.5. The van der Waals surface area contributed by atoms with Gasteiger partial charge in [0.15, 0.2) is 23.6 Å². The summed E-state index contributed by atoms with van der Waals surface area (Å²) in [5.41, 5.74) is -0.766. The molecule has 2 unspecified atom stereocenters. The summed E-state index contributed by atoms with van der Waals surface area (Å²) in [6.07, 6.45) is 3.84. The predicted octanol–water partition coefficient (Wildman–Crippen LogP) is 5.67. The number of furan rings is 1. The van der Waals surface area contributed by atoms with Gasteiger partial charge in [0.1, 0.15) is 28.9 Å². The van der Waals surface area contributed by atoms with Crippen LogP contribution in [-0.4, -0.2) is 44.3 Å². The van der Waals surface area contributed by atoms with E-state index in [1.165, 1.54) is 20.3 Å². The standard InChI is InChI=1S/C27H29ClO8/c1-14-11-16(29)12-21(32-4)27(14)26(30)23-20(31-3)13-17(24(28)25(23)36-27)19-9-8-18(35-19)15(2)34-22-7-5-6-10-33-22/h8-9,12-15,22H,5-7,10-11H2,1-4H3/t14-,15?,22?,27+/m1/s1. The zero-order valence-corrected chi connectivity index (χ0v) is 21.5. The van der Waals surface area contributed by atoms with Crippen LogP contribution in [0.15, 0.2) is 34.5 Å². The van der Waals surface area contributed by atoms with Crippen LogP contribution in [0.4, 0.5) is 0 Å². The highest BCUT2D eigenvalue weighted by Gasteiger charge is 2.59. The van der Waals surface area contributed by atoms with Crippen LogP contribution in [0, 0.1) is 5.92 Å². The van der Waals surface area contributed by atoms with Gasteiger partial charge in [0, 0.05) is 30.6 Å². The highest BCUT2D eigenvalue weighted by Crippen LogP contribution is 2.54. The van der Waals surface area contributed by atoms with Gasteiger partial charge in [-0.2, -0.15) is 0 Å². The summed E-state index contributed by atoms with van der Waals surface area (Å²) in [5.74, 6) is 0.767. The molecule has 0 amide bonds. The third kappa shape index (κ3) is 3.92.